The second-order valence-corrected chi connectivity index (χ2v) is 6.44. The average molecular weight is 268 g/mol. The molecule has 18 heavy (non-hydrogen) atoms. The zero-order valence-electron chi connectivity index (χ0n) is 11.4. The van der Waals surface area contributed by atoms with Crippen LogP contribution in [0.1, 0.15) is 36.9 Å². The van der Waals surface area contributed by atoms with Crippen LogP contribution >= 0.6 is 11.3 Å². The molecule has 0 radical (unpaired) electrons. The molecule has 1 aliphatic rings. The summed E-state index contributed by atoms with van der Waals surface area (Å²) in [6.07, 6.45) is 4.45. The number of nitrogens with zero attached hydrogens (tertiary/aromatic N) is 2. The maximum absolute atomic E-state index is 9.56. The summed E-state index contributed by atoms with van der Waals surface area (Å²) in [6, 6.07) is 0. The molecule has 0 saturated carbocycles. The molecule has 0 bridgehead atoms. The Morgan fingerprint density at radius 1 is 1.50 bits per heavy atom. The van der Waals surface area contributed by atoms with Gasteiger partial charge < -0.3 is 10.0 Å². The number of likely N-dealkylation sites (tertiary alicyclic amines) is 1. The van der Waals surface area contributed by atoms with Crippen molar-refractivity contribution in [3.63, 3.8) is 0 Å². The number of aliphatic hydroxyl groups excluding tert-OH is 1. The van der Waals surface area contributed by atoms with Crippen molar-refractivity contribution >= 4 is 11.3 Å². The lowest BCUT2D eigenvalue weighted by Gasteiger charge is -2.33. The number of aliphatic hydroxyl groups is 1. The van der Waals surface area contributed by atoms with Gasteiger partial charge in [0.05, 0.1) is 16.8 Å². The van der Waals surface area contributed by atoms with Crippen LogP contribution in [-0.2, 0) is 6.42 Å². The zero-order chi connectivity index (χ0) is 13.0. The topological polar surface area (TPSA) is 36.4 Å². The summed E-state index contributed by atoms with van der Waals surface area (Å²) in [6.45, 7) is 7.44. The van der Waals surface area contributed by atoms with Gasteiger partial charge in [-0.2, -0.15) is 0 Å². The van der Waals surface area contributed by atoms with Gasteiger partial charge in [0, 0.05) is 5.38 Å². The fraction of sp³-hybridized carbons (Fsp3) is 0.786. The van der Waals surface area contributed by atoms with Crippen LogP contribution in [-0.4, -0.2) is 40.7 Å². The van der Waals surface area contributed by atoms with Gasteiger partial charge in [0.15, 0.2) is 0 Å². The monoisotopic (exact) mass is 268 g/mol. The maximum atomic E-state index is 9.56. The number of hydrogen-bond acceptors (Lipinski definition) is 4. The van der Waals surface area contributed by atoms with Crippen molar-refractivity contribution in [1.29, 1.82) is 0 Å². The number of aryl methyl sites for hydroxylation is 2. The van der Waals surface area contributed by atoms with Crippen molar-refractivity contribution in [1.82, 2.24) is 9.88 Å². The number of piperidine rings is 1. The molecule has 2 heterocycles. The van der Waals surface area contributed by atoms with Crippen molar-refractivity contribution in [2.24, 2.45) is 5.92 Å². The summed E-state index contributed by atoms with van der Waals surface area (Å²) in [5.41, 5.74) is 1.25. The molecule has 4 heteroatoms. The molecule has 0 aromatic carbocycles. The second kappa shape index (κ2) is 6.64. The molecule has 0 amide bonds. The molecular weight excluding hydrogens is 244 g/mol. The van der Waals surface area contributed by atoms with Crippen molar-refractivity contribution in [2.45, 2.75) is 45.6 Å². The van der Waals surface area contributed by atoms with E-state index in [-0.39, 0.29) is 6.10 Å². The zero-order valence-corrected chi connectivity index (χ0v) is 12.2. The molecule has 1 atom stereocenters. The Hall–Kier alpha value is -0.450. The standard InChI is InChI=1S/C14H24N2OS/c1-11(17)13-5-8-16(9-6-13)7-3-4-14-10-18-12(2)15-14/h10-11,13,17H,3-9H2,1-2H3. The van der Waals surface area contributed by atoms with Gasteiger partial charge in [-0.1, -0.05) is 0 Å². The first-order valence-corrected chi connectivity index (χ1v) is 7.84. The Balaban J connectivity index is 1.63. The molecule has 1 N–H and O–H groups in total. The summed E-state index contributed by atoms with van der Waals surface area (Å²) in [7, 11) is 0. The van der Waals surface area contributed by atoms with E-state index in [2.05, 4.69) is 22.2 Å². The minimum absolute atomic E-state index is 0.134. The van der Waals surface area contributed by atoms with Gasteiger partial charge in [0.25, 0.3) is 0 Å². The van der Waals surface area contributed by atoms with Crippen molar-refractivity contribution < 1.29 is 5.11 Å². The van der Waals surface area contributed by atoms with E-state index in [9.17, 15) is 5.11 Å². The maximum Gasteiger partial charge on any atom is 0.0897 e. The predicted octanol–water partition coefficient (Wildman–Crippen LogP) is 2.48. The summed E-state index contributed by atoms with van der Waals surface area (Å²) in [5.74, 6) is 0.516. The molecule has 2 rings (SSSR count). The van der Waals surface area contributed by atoms with E-state index >= 15 is 0 Å². The van der Waals surface area contributed by atoms with Crippen LogP contribution in [0.15, 0.2) is 5.38 Å². The molecule has 1 aliphatic heterocycles. The van der Waals surface area contributed by atoms with E-state index in [1.54, 1.807) is 11.3 Å². The van der Waals surface area contributed by atoms with Gasteiger partial charge in [-0.3, -0.25) is 0 Å². The Kier molecular flexibility index (Phi) is 5.15. The number of aromatic nitrogens is 1. The Labute approximate surface area is 114 Å². The van der Waals surface area contributed by atoms with Crippen LogP contribution in [0.3, 0.4) is 0 Å². The van der Waals surface area contributed by atoms with Gasteiger partial charge in [0.2, 0.25) is 0 Å². The van der Waals surface area contributed by atoms with Crippen molar-refractivity contribution in [3.8, 4) is 0 Å². The first-order chi connectivity index (χ1) is 8.65. The molecule has 1 saturated heterocycles. The largest absolute Gasteiger partial charge is 0.393 e. The van der Waals surface area contributed by atoms with Crippen LogP contribution in [0.2, 0.25) is 0 Å². The highest BCUT2D eigenvalue weighted by Crippen LogP contribution is 2.20. The van der Waals surface area contributed by atoms with Gasteiger partial charge in [0.1, 0.15) is 0 Å². The van der Waals surface area contributed by atoms with Crippen molar-refractivity contribution in [2.75, 3.05) is 19.6 Å². The minimum Gasteiger partial charge on any atom is -0.393 e. The summed E-state index contributed by atoms with van der Waals surface area (Å²) < 4.78 is 0. The third kappa shape index (κ3) is 4.04. The Morgan fingerprint density at radius 2 is 2.22 bits per heavy atom. The molecule has 0 aliphatic carbocycles. The molecule has 1 fully saturated rings. The summed E-state index contributed by atoms with van der Waals surface area (Å²) in [5, 5.41) is 12.9. The van der Waals surface area contributed by atoms with E-state index in [4.69, 9.17) is 0 Å². The van der Waals surface area contributed by atoms with E-state index < -0.39 is 0 Å². The normalized spacial score (nSPS) is 20.2. The summed E-state index contributed by atoms with van der Waals surface area (Å²) in [4.78, 5) is 7.02. The van der Waals surface area contributed by atoms with E-state index in [0.717, 1.165) is 32.4 Å². The van der Waals surface area contributed by atoms with E-state index in [1.807, 2.05) is 6.92 Å². The third-order valence-electron chi connectivity index (χ3n) is 3.89. The SMILES string of the molecule is Cc1nc(CCCN2CCC(C(C)O)CC2)cs1. The lowest BCUT2D eigenvalue weighted by Crippen LogP contribution is -2.37. The lowest BCUT2D eigenvalue weighted by atomic mass is 9.92. The number of thiazole rings is 1. The van der Waals surface area contributed by atoms with Gasteiger partial charge in [-0.05, 0) is 65.1 Å². The molecule has 1 aromatic heterocycles. The Bertz CT molecular complexity index is 356. The molecular formula is C14H24N2OS. The highest BCUT2D eigenvalue weighted by molar-refractivity contribution is 7.09. The highest BCUT2D eigenvalue weighted by Gasteiger charge is 2.22. The third-order valence-corrected chi connectivity index (χ3v) is 4.71. The smallest absolute Gasteiger partial charge is 0.0897 e. The molecule has 0 spiro atoms. The van der Waals surface area contributed by atoms with Gasteiger partial charge in [-0.15, -0.1) is 11.3 Å². The summed E-state index contributed by atoms with van der Waals surface area (Å²) >= 11 is 1.74. The Morgan fingerprint density at radius 3 is 2.78 bits per heavy atom. The quantitative estimate of drug-likeness (QED) is 0.891. The molecule has 1 unspecified atom stereocenters. The van der Waals surface area contributed by atoms with Crippen LogP contribution < -0.4 is 0 Å². The fourth-order valence-electron chi connectivity index (χ4n) is 2.67. The minimum atomic E-state index is -0.134. The predicted molar refractivity (Wildman–Crippen MR) is 76.0 cm³/mol. The average Bonchev–Trinajstić information content (AvgIpc) is 2.76. The van der Waals surface area contributed by atoms with E-state index in [1.165, 1.54) is 23.7 Å². The van der Waals surface area contributed by atoms with Crippen LogP contribution in [0.4, 0.5) is 0 Å². The van der Waals surface area contributed by atoms with Crippen LogP contribution in [0.5, 0.6) is 0 Å². The van der Waals surface area contributed by atoms with Crippen molar-refractivity contribution in [3.05, 3.63) is 16.1 Å². The highest BCUT2D eigenvalue weighted by atomic mass is 32.1. The fourth-order valence-corrected chi connectivity index (χ4v) is 3.31. The molecule has 3 nitrogen and oxygen atoms in total. The number of rotatable bonds is 5. The lowest BCUT2D eigenvalue weighted by molar-refractivity contribution is 0.0716. The van der Waals surface area contributed by atoms with E-state index in [0.29, 0.717) is 5.92 Å². The van der Waals surface area contributed by atoms with Crippen LogP contribution in [0.25, 0.3) is 0 Å². The van der Waals surface area contributed by atoms with Gasteiger partial charge in [-0.25, -0.2) is 4.98 Å². The number of hydrogen-bond donors (Lipinski definition) is 1. The van der Waals surface area contributed by atoms with Crippen LogP contribution in [0, 0.1) is 12.8 Å². The first-order valence-electron chi connectivity index (χ1n) is 6.96. The first kappa shape index (κ1) is 14.0. The second-order valence-electron chi connectivity index (χ2n) is 5.38. The van der Waals surface area contributed by atoms with Gasteiger partial charge >= 0.3 is 0 Å². The molecule has 102 valence electrons. The molecule has 1 aromatic rings.